The second-order valence-corrected chi connectivity index (χ2v) is 11.6. The molecule has 0 spiro atoms. The molecule has 2 aromatic rings. The van der Waals surface area contributed by atoms with Crippen molar-refractivity contribution in [3.05, 3.63) is 59.4 Å². The zero-order chi connectivity index (χ0) is 25.2. The first-order chi connectivity index (χ1) is 16.7. The molecule has 1 N–H and O–H groups in total. The van der Waals surface area contributed by atoms with E-state index in [0.29, 0.717) is 24.6 Å². The van der Waals surface area contributed by atoms with E-state index in [2.05, 4.69) is 11.8 Å². The normalized spacial score (nSPS) is 22.8. The highest BCUT2D eigenvalue weighted by molar-refractivity contribution is 7.89. The van der Waals surface area contributed by atoms with E-state index in [1.807, 2.05) is 24.9 Å². The summed E-state index contributed by atoms with van der Waals surface area (Å²) in [4.78, 5) is 2.13. The molecule has 1 heterocycles. The molecular weight excluding hydrogens is 467 g/mol. The average Bonchev–Trinajstić information content (AvgIpc) is 3.64. The second-order valence-electron chi connectivity index (χ2n) is 9.77. The maximum absolute atomic E-state index is 13.6. The Hall–Kier alpha value is -2.44. The fourth-order valence-corrected chi connectivity index (χ4v) is 6.08. The predicted molar refractivity (Wildman–Crippen MR) is 133 cm³/mol. The number of nitrogens with zero attached hydrogens (tertiary/aromatic N) is 2. The number of fused-ring (bicyclic) bond motifs is 1. The summed E-state index contributed by atoms with van der Waals surface area (Å²) in [6.07, 6.45) is 1.88. The third kappa shape index (κ3) is 6.22. The van der Waals surface area contributed by atoms with E-state index in [-0.39, 0.29) is 41.6 Å². The number of benzene rings is 2. The van der Waals surface area contributed by atoms with Crippen LogP contribution in [0, 0.1) is 29.5 Å². The zero-order valence-electron chi connectivity index (χ0n) is 20.4. The van der Waals surface area contributed by atoms with Gasteiger partial charge in [-0.25, -0.2) is 12.8 Å². The van der Waals surface area contributed by atoms with Gasteiger partial charge in [0, 0.05) is 43.1 Å². The number of sulfonamides is 1. The van der Waals surface area contributed by atoms with Gasteiger partial charge in [-0.1, -0.05) is 30.9 Å². The fourth-order valence-electron chi connectivity index (χ4n) is 4.25. The molecular formula is C27H33FN2O4S. The van der Waals surface area contributed by atoms with E-state index >= 15 is 0 Å². The van der Waals surface area contributed by atoms with Gasteiger partial charge in [0.1, 0.15) is 22.6 Å². The lowest BCUT2D eigenvalue weighted by atomic mass is 10.0. The van der Waals surface area contributed by atoms with Crippen LogP contribution < -0.4 is 4.74 Å². The van der Waals surface area contributed by atoms with Crippen LogP contribution >= 0.6 is 0 Å². The molecule has 8 heteroatoms. The first kappa shape index (κ1) is 25.6. The number of aliphatic hydroxyl groups excluding tert-OH is 1. The van der Waals surface area contributed by atoms with Gasteiger partial charge >= 0.3 is 0 Å². The number of hydrogen-bond donors (Lipinski definition) is 1. The molecule has 0 amide bonds. The number of likely N-dealkylation sites (N-methyl/N-ethyl adjacent to an activating group) is 1. The summed E-state index contributed by atoms with van der Waals surface area (Å²) in [6, 6.07) is 10.9. The van der Waals surface area contributed by atoms with Crippen LogP contribution in [0.4, 0.5) is 4.39 Å². The third-order valence-electron chi connectivity index (χ3n) is 6.50. The van der Waals surface area contributed by atoms with Crippen LogP contribution in [0.25, 0.3) is 0 Å². The van der Waals surface area contributed by atoms with Gasteiger partial charge in [-0.2, -0.15) is 4.31 Å². The van der Waals surface area contributed by atoms with Gasteiger partial charge in [0.25, 0.3) is 0 Å². The largest absolute Gasteiger partial charge is 0.487 e. The highest BCUT2D eigenvalue weighted by atomic mass is 32.2. The van der Waals surface area contributed by atoms with Crippen molar-refractivity contribution in [2.24, 2.45) is 11.8 Å². The van der Waals surface area contributed by atoms with Gasteiger partial charge in [-0.05, 0) is 62.7 Å². The van der Waals surface area contributed by atoms with Crippen LogP contribution in [0.3, 0.4) is 0 Å². The molecule has 2 aliphatic rings. The highest BCUT2D eigenvalue weighted by Crippen LogP contribution is 2.34. The summed E-state index contributed by atoms with van der Waals surface area (Å²) in [5.41, 5.74) is 1.56. The molecule has 1 aliphatic heterocycles. The van der Waals surface area contributed by atoms with Crippen molar-refractivity contribution >= 4 is 10.0 Å². The fraction of sp³-hybridized carbons (Fsp3) is 0.481. The second kappa shape index (κ2) is 10.7. The molecule has 0 saturated heterocycles. The van der Waals surface area contributed by atoms with E-state index in [0.717, 1.165) is 18.4 Å². The zero-order valence-corrected chi connectivity index (χ0v) is 21.3. The average molecular weight is 501 g/mol. The molecule has 0 bridgehead atoms. The van der Waals surface area contributed by atoms with E-state index in [1.54, 1.807) is 31.2 Å². The van der Waals surface area contributed by atoms with Gasteiger partial charge in [-0.15, -0.1) is 0 Å². The molecule has 2 aromatic carbocycles. The third-order valence-corrected chi connectivity index (χ3v) is 8.52. The van der Waals surface area contributed by atoms with Crippen molar-refractivity contribution in [2.75, 3.05) is 26.7 Å². The van der Waals surface area contributed by atoms with E-state index in [9.17, 15) is 17.9 Å². The molecule has 35 heavy (non-hydrogen) atoms. The lowest BCUT2D eigenvalue weighted by molar-refractivity contribution is 0.0733. The maximum atomic E-state index is 13.6. The standard InChI is InChI=1S/C27H33FN2O4S/c1-19-15-30(20(2)18-31)35(32,33)27-12-11-22(10-9-21-7-8-21)14-25(27)34-26(19)17-29(3)16-23-5-4-6-24(28)13-23/h4-6,11-14,19-21,26,31H,7-8,15-18H2,1-3H3/t19-,20+,26+/m1/s1. The number of aliphatic hydroxyl groups is 1. The molecule has 188 valence electrons. The lowest BCUT2D eigenvalue weighted by Gasteiger charge is -2.37. The van der Waals surface area contributed by atoms with Gasteiger partial charge in [0.05, 0.1) is 6.61 Å². The summed E-state index contributed by atoms with van der Waals surface area (Å²) in [5, 5.41) is 9.79. The molecule has 0 unspecified atom stereocenters. The van der Waals surface area contributed by atoms with Crippen LogP contribution in [0.5, 0.6) is 5.75 Å². The Morgan fingerprint density at radius 2 is 2.03 bits per heavy atom. The molecule has 3 atom stereocenters. The van der Waals surface area contributed by atoms with Gasteiger partial charge in [0.2, 0.25) is 10.0 Å². The Balaban J connectivity index is 1.66. The van der Waals surface area contributed by atoms with Crippen molar-refractivity contribution < 1.29 is 22.7 Å². The van der Waals surface area contributed by atoms with E-state index in [1.165, 1.54) is 16.4 Å². The summed E-state index contributed by atoms with van der Waals surface area (Å²) in [7, 11) is -1.95. The first-order valence-corrected chi connectivity index (χ1v) is 13.5. The predicted octanol–water partition coefficient (Wildman–Crippen LogP) is 3.49. The molecule has 4 rings (SSSR count). The summed E-state index contributed by atoms with van der Waals surface area (Å²) >= 11 is 0. The Morgan fingerprint density at radius 3 is 2.71 bits per heavy atom. The highest BCUT2D eigenvalue weighted by Gasteiger charge is 2.38. The minimum atomic E-state index is -3.88. The molecule has 0 aromatic heterocycles. The van der Waals surface area contributed by atoms with Crippen molar-refractivity contribution in [2.45, 2.75) is 50.3 Å². The SMILES string of the molecule is C[C@@H]1CN([C@@H](C)CO)S(=O)(=O)c2ccc(C#CC3CC3)cc2O[C@H]1CN(C)Cc1cccc(F)c1. The van der Waals surface area contributed by atoms with Crippen molar-refractivity contribution in [3.8, 4) is 17.6 Å². The Labute approximate surface area is 207 Å². The van der Waals surface area contributed by atoms with Crippen LogP contribution in [0.15, 0.2) is 47.4 Å². The molecule has 1 fully saturated rings. The van der Waals surface area contributed by atoms with Crippen molar-refractivity contribution in [1.29, 1.82) is 0 Å². The van der Waals surface area contributed by atoms with E-state index in [4.69, 9.17) is 4.74 Å². The molecule has 1 saturated carbocycles. The number of ether oxygens (including phenoxy) is 1. The smallest absolute Gasteiger partial charge is 0.247 e. The summed E-state index contributed by atoms with van der Waals surface area (Å²) < 4.78 is 48.5. The van der Waals surface area contributed by atoms with Crippen molar-refractivity contribution in [3.63, 3.8) is 0 Å². The number of hydrogen-bond acceptors (Lipinski definition) is 5. The Morgan fingerprint density at radius 1 is 1.26 bits per heavy atom. The van der Waals surface area contributed by atoms with Crippen molar-refractivity contribution in [1.82, 2.24) is 9.21 Å². The number of halogens is 1. The number of rotatable bonds is 6. The topological polar surface area (TPSA) is 70.1 Å². The lowest BCUT2D eigenvalue weighted by Crippen LogP contribution is -2.49. The first-order valence-electron chi connectivity index (χ1n) is 12.1. The van der Waals surface area contributed by atoms with Crippen LogP contribution in [-0.4, -0.2) is 61.6 Å². The van der Waals surface area contributed by atoms with E-state index < -0.39 is 16.1 Å². The molecule has 6 nitrogen and oxygen atoms in total. The summed E-state index contributed by atoms with van der Waals surface area (Å²) in [5.74, 6) is 6.61. The quantitative estimate of drug-likeness (QED) is 0.615. The van der Waals surface area contributed by atoms with Crippen LogP contribution in [-0.2, 0) is 16.6 Å². The van der Waals surface area contributed by atoms with Gasteiger partial charge < -0.3 is 9.84 Å². The molecule has 1 aliphatic carbocycles. The summed E-state index contributed by atoms with van der Waals surface area (Å²) in [6.45, 7) is 4.63. The van der Waals surface area contributed by atoms with Crippen LogP contribution in [0.2, 0.25) is 0 Å². The Kier molecular flexibility index (Phi) is 7.82. The van der Waals surface area contributed by atoms with Gasteiger partial charge in [0.15, 0.2) is 0 Å². The molecule has 0 radical (unpaired) electrons. The maximum Gasteiger partial charge on any atom is 0.247 e. The minimum Gasteiger partial charge on any atom is -0.487 e. The van der Waals surface area contributed by atoms with Crippen LogP contribution in [0.1, 0.15) is 37.8 Å². The minimum absolute atomic E-state index is 0.0828. The monoisotopic (exact) mass is 500 g/mol. The Bertz CT molecular complexity index is 1220. The van der Waals surface area contributed by atoms with Gasteiger partial charge in [-0.3, -0.25) is 4.90 Å².